The maximum Gasteiger partial charge on any atom is 0.259 e. The summed E-state index contributed by atoms with van der Waals surface area (Å²) in [5, 5.41) is 6.13. The topological polar surface area (TPSA) is 53.5 Å². The number of benzene rings is 1. The lowest BCUT2D eigenvalue weighted by molar-refractivity contribution is -0.124. The molecule has 1 aromatic carbocycles. The van der Waals surface area contributed by atoms with Gasteiger partial charge in [0.2, 0.25) is 0 Å². The second kappa shape index (κ2) is 5.27. The van der Waals surface area contributed by atoms with Gasteiger partial charge in [-0.15, -0.1) is 0 Å². The number of hydrogen-bond donors (Lipinski definition) is 2. The molecule has 4 heteroatoms. The largest absolute Gasteiger partial charge is 0.351 e. The van der Waals surface area contributed by atoms with Crippen molar-refractivity contribution in [3.8, 4) is 0 Å². The Morgan fingerprint density at radius 2 is 1.90 bits per heavy atom. The number of guanidine groups is 1. The SMILES string of the molecule is CCCC1(c2ccccc2)N=C(NC(C)(C)C)NC1=O. The highest BCUT2D eigenvalue weighted by Gasteiger charge is 2.44. The minimum absolute atomic E-state index is 0.0442. The Morgan fingerprint density at radius 3 is 2.45 bits per heavy atom. The Balaban J connectivity index is 2.40. The van der Waals surface area contributed by atoms with E-state index in [-0.39, 0.29) is 11.4 Å². The predicted molar refractivity (Wildman–Crippen MR) is 81.5 cm³/mol. The van der Waals surface area contributed by atoms with Gasteiger partial charge in [0.05, 0.1) is 0 Å². The van der Waals surface area contributed by atoms with E-state index in [9.17, 15) is 4.79 Å². The molecule has 0 spiro atoms. The number of amides is 1. The summed E-state index contributed by atoms with van der Waals surface area (Å²) in [6.07, 6.45) is 1.60. The summed E-state index contributed by atoms with van der Waals surface area (Å²) in [6, 6.07) is 9.79. The molecule has 2 N–H and O–H groups in total. The van der Waals surface area contributed by atoms with Crippen molar-refractivity contribution in [2.45, 2.75) is 51.6 Å². The lowest BCUT2D eigenvalue weighted by Gasteiger charge is -2.23. The molecule has 1 amide bonds. The van der Waals surface area contributed by atoms with Gasteiger partial charge in [0.1, 0.15) is 0 Å². The molecular weight excluding hydrogens is 250 g/mol. The van der Waals surface area contributed by atoms with Crippen LogP contribution in [0, 0.1) is 0 Å². The first kappa shape index (κ1) is 14.6. The number of aliphatic imine (C=N–C) groups is 1. The molecule has 1 atom stereocenters. The lowest BCUT2D eigenvalue weighted by Crippen LogP contribution is -2.47. The average molecular weight is 273 g/mol. The molecule has 1 unspecified atom stereocenters. The summed E-state index contributed by atoms with van der Waals surface area (Å²) in [6.45, 7) is 8.21. The first-order valence-electron chi connectivity index (χ1n) is 7.12. The summed E-state index contributed by atoms with van der Waals surface area (Å²) >= 11 is 0. The van der Waals surface area contributed by atoms with Crippen molar-refractivity contribution in [3.63, 3.8) is 0 Å². The van der Waals surface area contributed by atoms with E-state index in [1.165, 1.54) is 0 Å². The van der Waals surface area contributed by atoms with Crippen LogP contribution in [0.2, 0.25) is 0 Å². The molecule has 0 aromatic heterocycles. The van der Waals surface area contributed by atoms with Gasteiger partial charge in [-0.05, 0) is 32.8 Å². The van der Waals surface area contributed by atoms with Gasteiger partial charge in [-0.1, -0.05) is 43.7 Å². The van der Waals surface area contributed by atoms with Gasteiger partial charge >= 0.3 is 0 Å². The molecule has 0 saturated heterocycles. The van der Waals surface area contributed by atoms with Crippen LogP contribution in [0.25, 0.3) is 0 Å². The Labute approximate surface area is 120 Å². The first-order valence-corrected chi connectivity index (χ1v) is 7.12. The van der Waals surface area contributed by atoms with Gasteiger partial charge < -0.3 is 5.32 Å². The third-order valence-electron chi connectivity index (χ3n) is 3.27. The third-order valence-corrected chi connectivity index (χ3v) is 3.27. The first-order chi connectivity index (χ1) is 9.37. The van der Waals surface area contributed by atoms with E-state index >= 15 is 0 Å². The van der Waals surface area contributed by atoms with Crippen molar-refractivity contribution in [3.05, 3.63) is 35.9 Å². The quantitative estimate of drug-likeness (QED) is 0.889. The highest BCUT2D eigenvalue weighted by molar-refractivity contribution is 6.07. The Hall–Kier alpha value is -1.84. The molecule has 4 nitrogen and oxygen atoms in total. The molecule has 2 rings (SSSR count). The molecule has 1 aromatic rings. The second-order valence-corrected chi connectivity index (χ2v) is 6.27. The van der Waals surface area contributed by atoms with Gasteiger partial charge in [-0.25, -0.2) is 4.99 Å². The van der Waals surface area contributed by atoms with Crippen LogP contribution in [-0.2, 0) is 10.3 Å². The van der Waals surface area contributed by atoms with Gasteiger partial charge in [0.15, 0.2) is 11.5 Å². The molecule has 1 aliphatic heterocycles. The number of carbonyl (C=O) groups is 1. The molecule has 0 aliphatic carbocycles. The minimum atomic E-state index is -0.788. The van der Waals surface area contributed by atoms with Crippen molar-refractivity contribution in [2.24, 2.45) is 4.99 Å². The third kappa shape index (κ3) is 2.84. The van der Waals surface area contributed by atoms with Crippen LogP contribution < -0.4 is 10.6 Å². The van der Waals surface area contributed by atoms with Crippen LogP contribution in [0.15, 0.2) is 35.3 Å². The fourth-order valence-electron chi connectivity index (χ4n) is 2.48. The summed E-state index contributed by atoms with van der Waals surface area (Å²) < 4.78 is 0. The fraction of sp³-hybridized carbons (Fsp3) is 0.500. The number of rotatable bonds is 3. The normalized spacial score (nSPS) is 22.4. The van der Waals surface area contributed by atoms with Crippen LogP contribution in [0.3, 0.4) is 0 Å². The van der Waals surface area contributed by atoms with Crippen LogP contribution in [0.1, 0.15) is 46.1 Å². The van der Waals surface area contributed by atoms with E-state index in [2.05, 4.69) is 17.6 Å². The Bertz CT molecular complexity index is 516. The lowest BCUT2D eigenvalue weighted by atomic mass is 9.86. The fourth-order valence-corrected chi connectivity index (χ4v) is 2.48. The molecule has 0 fully saturated rings. The van der Waals surface area contributed by atoms with Crippen molar-refractivity contribution in [1.29, 1.82) is 0 Å². The van der Waals surface area contributed by atoms with Crippen molar-refractivity contribution in [1.82, 2.24) is 10.6 Å². The van der Waals surface area contributed by atoms with Crippen molar-refractivity contribution in [2.75, 3.05) is 0 Å². The van der Waals surface area contributed by atoms with Gasteiger partial charge in [-0.2, -0.15) is 0 Å². The number of nitrogens with zero attached hydrogens (tertiary/aromatic N) is 1. The van der Waals surface area contributed by atoms with E-state index < -0.39 is 5.54 Å². The molecule has 20 heavy (non-hydrogen) atoms. The summed E-state index contributed by atoms with van der Waals surface area (Å²) in [4.78, 5) is 17.2. The van der Waals surface area contributed by atoms with E-state index in [0.29, 0.717) is 12.4 Å². The molecule has 1 aliphatic rings. The molecular formula is C16H23N3O. The number of hydrogen-bond acceptors (Lipinski definition) is 3. The van der Waals surface area contributed by atoms with Crippen molar-refractivity contribution >= 4 is 11.9 Å². The Kier molecular flexibility index (Phi) is 3.84. The van der Waals surface area contributed by atoms with Gasteiger partial charge in [0.25, 0.3) is 5.91 Å². The monoisotopic (exact) mass is 273 g/mol. The number of nitrogens with one attached hydrogen (secondary N) is 2. The standard InChI is InChI=1S/C16H23N3O/c1-5-11-16(12-9-7-6-8-10-12)13(20)17-14(19-16)18-15(2,3)4/h6-10H,5,11H2,1-4H3,(H2,17,18,19,20). The zero-order chi connectivity index (χ0) is 14.8. The Morgan fingerprint density at radius 1 is 1.25 bits per heavy atom. The zero-order valence-electron chi connectivity index (χ0n) is 12.7. The molecule has 1 heterocycles. The molecule has 0 bridgehead atoms. The summed E-state index contributed by atoms with van der Waals surface area (Å²) in [7, 11) is 0. The maximum absolute atomic E-state index is 12.5. The van der Waals surface area contributed by atoms with E-state index in [4.69, 9.17) is 4.99 Å². The van der Waals surface area contributed by atoms with Gasteiger partial charge in [0, 0.05) is 5.54 Å². The smallest absolute Gasteiger partial charge is 0.259 e. The minimum Gasteiger partial charge on any atom is -0.351 e. The highest BCUT2D eigenvalue weighted by Crippen LogP contribution is 2.34. The van der Waals surface area contributed by atoms with Crippen LogP contribution in [-0.4, -0.2) is 17.4 Å². The van der Waals surface area contributed by atoms with Crippen LogP contribution >= 0.6 is 0 Å². The second-order valence-electron chi connectivity index (χ2n) is 6.27. The zero-order valence-corrected chi connectivity index (χ0v) is 12.7. The number of carbonyl (C=O) groups excluding carboxylic acids is 1. The summed E-state index contributed by atoms with van der Waals surface area (Å²) in [5.74, 6) is 0.525. The van der Waals surface area contributed by atoms with Crippen molar-refractivity contribution < 1.29 is 4.79 Å². The molecule has 108 valence electrons. The van der Waals surface area contributed by atoms with Crippen LogP contribution in [0.5, 0.6) is 0 Å². The van der Waals surface area contributed by atoms with E-state index in [0.717, 1.165) is 12.0 Å². The van der Waals surface area contributed by atoms with E-state index in [1.807, 2.05) is 51.1 Å². The van der Waals surface area contributed by atoms with E-state index in [1.54, 1.807) is 0 Å². The van der Waals surface area contributed by atoms with Crippen LogP contribution in [0.4, 0.5) is 0 Å². The van der Waals surface area contributed by atoms with Gasteiger partial charge in [-0.3, -0.25) is 10.1 Å². The molecule has 0 saturated carbocycles. The summed E-state index contributed by atoms with van der Waals surface area (Å²) in [5.41, 5.74) is 0.0272. The highest BCUT2D eigenvalue weighted by atomic mass is 16.2. The predicted octanol–water partition coefficient (Wildman–Crippen LogP) is 2.56. The average Bonchev–Trinajstić information content (AvgIpc) is 2.66. The molecule has 0 radical (unpaired) electrons. The maximum atomic E-state index is 12.5.